The number of amides is 2. The number of hydrogen-bond donors (Lipinski definition) is 2. The van der Waals surface area contributed by atoms with Gasteiger partial charge in [-0.25, -0.2) is 0 Å². The Morgan fingerprint density at radius 3 is 2.45 bits per heavy atom. The molecule has 2 amide bonds. The number of rotatable bonds is 4. The summed E-state index contributed by atoms with van der Waals surface area (Å²) in [6.07, 6.45) is 6.19. The molecule has 5 heteroatoms. The van der Waals surface area contributed by atoms with E-state index in [1.54, 1.807) is 0 Å². The van der Waals surface area contributed by atoms with Crippen LogP contribution in [0.25, 0.3) is 0 Å². The van der Waals surface area contributed by atoms with E-state index in [1.165, 1.54) is 24.0 Å². The summed E-state index contributed by atoms with van der Waals surface area (Å²) in [5, 5.41) is 3.39. The van der Waals surface area contributed by atoms with Crippen LogP contribution >= 0.6 is 0 Å². The highest BCUT2D eigenvalue weighted by molar-refractivity contribution is 5.94. The van der Waals surface area contributed by atoms with E-state index in [4.69, 9.17) is 5.73 Å². The highest BCUT2D eigenvalue weighted by Gasteiger charge is 2.52. The van der Waals surface area contributed by atoms with Gasteiger partial charge >= 0.3 is 0 Å². The van der Waals surface area contributed by atoms with Crippen LogP contribution in [0, 0.1) is 17.8 Å². The summed E-state index contributed by atoms with van der Waals surface area (Å²) in [7, 11) is 0. The zero-order valence-electron chi connectivity index (χ0n) is 17.8. The van der Waals surface area contributed by atoms with Crippen molar-refractivity contribution >= 4 is 11.8 Å². The van der Waals surface area contributed by atoms with Crippen molar-refractivity contribution < 1.29 is 9.59 Å². The summed E-state index contributed by atoms with van der Waals surface area (Å²) in [4.78, 5) is 27.8. The van der Waals surface area contributed by atoms with Gasteiger partial charge in [0, 0.05) is 0 Å². The Labute approximate surface area is 174 Å². The molecule has 0 radical (unpaired) electrons. The Morgan fingerprint density at radius 1 is 1.17 bits per heavy atom. The maximum atomic E-state index is 13.9. The number of piperidine rings is 1. The van der Waals surface area contributed by atoms with Gasteiger partial charge in [-0.05, 0) is 80.5 Å². The van der Waals surface area contributed by atoms with E-state index in [2.05, 4.69) is 43.4 Å². The maximum Gasteiger partial charge on any atom is 0.237 e. The lowest BCUT2D eigenvalue weighted by Gasteiger charge is -2.51. The van der Waals surface area contributed by atoms with Gasteiger partial charge in [-0.3, -0.25) is 9.59 Å². The van der Waals surface area contributed by atoms with Crippen LogP contribution in [0.1, 0.15) is 69.5 Å². The van der Waals surface area contributed by atoms with Crippen molar-refractivity contribution in [3.8, 4) is 0 Å². The minimum atomic E-state index is -0.511. The lowest BCUT2D eigenvalue weighted by atomic mass is 9.64. The molecule has 1 spiro atoms. The maximum absolute atomic E-state index is 13.9. The molecule has 2 aliphatic heterocycles. The summed E-state index contributed by atoms with van der Waals surface area (Å²) < 4.78 is 0. The van der Waals surface area contributed by atoms with Gasteiger partial charge in [-0.15, -0.1) is 0 Å². The summed E-state index contributed by atoms with van der Waals surface area (Å²) >= 11 is 0. The first-order valence-electron chi connectivity index (χ1n) is 11.3. The zero-order chi connectivity index (χ0) is 20.6. The van der Waals surface area contributed by atoms with Gasteiger partial charge in [0.25, 0.3) is 0 Å². The normalized spacial score (nSPS) is 29.1. The SMILES string of the molecule is CC(C)[C@H]1CC[C@@H](C2c3ccccc3C3(CCNCC3)C(=O)N2CC(N)=O)CC1. The van der Waals surface area contributed by atoms with Crippen molar-refractivity contribution in [1.29, 1.82) is 0 Å². The second kappa shape index (κ2) is 8.10. The smallest absolute Gasteiger partial charge is 0.237 e. The number of carbonyl (C=O) groups excluding carboxylic acids is 2. The summed E-state index contributed by atoms with van der Waals surface area (Å²) in [5.74, 6) is 1.57. The van der Waals surface area contributed by atoms with Gasteiger partial charge in [-0.1, -0.05) is 38.1 Å². The molecule has 1 aromatic carbocycles. The van der Waals surface area contributed by atoms with Crippen LogP contribution in [0.4, 0.5) is 0 Å². The van der Waals surface area contributed by atoms with Crippen molar-refractivity contribution in [1.82, 2.24) is 10.2 Å². The molecule has 29 heavy (non-hydrogen) atoms. The second-order valence-electron chi connectivity index (χ2n) is 9.68. The molecule has 1 unspecified atom stereocenters. The van der Waals surface area contributed by atoms with Crippen LogP contribution in [-0.2, 0) is 15.0 Å². The number of nitrogens with zero attached hydrogens (tertiary/aromatic N) is 1. The molecule has 4 rings (SSSR count). The number of fused-ring (bicyclic) bond motifs is 2. The van der Waals surface area contributed by atoms with Crippen LogP contribution < -0.4 is 11.1 Å². The Kier molecular flexibility index (Phi) is 5.69. The molecule has 3 aliphatic rings. The number of benzene rings is 1. The van der Waals surface area contributed by atoms with Crippen molar-refractivity contribution in [2.75, 3.05) is 19.6 Å². The molecule has 158 valence electrons. The lowest BCUT2D eigenvalue weighted by Crippen LogP contribution is -2.59. The van der Waals surface area contributed by atoms with Crippen molar-refractivity contribution in [2.45, 2.75) is 63.8 Å². The number of nitrogens with one attached hydrogen (secondary N) is 1. The molecule has 2 fully saturated rings. The van der Waals surface area contributed by atoms with Gasteiger partial charge in [-0.2, -0.15) is 0 Å². The third-order valence-corrected chi connectivity index (χ3v) is 7.79. The van der Waals surface area contributed by atoms with E-state index in [-0.39, 0.29) is 18.5 Å². The quantitative estimate of drug-likeness (QED) is 0.820. The highest BCUT2D eigenvalue weighted by Crippen LogP contribution is 2.51. The van der Waals surface area contributed by atoms with E-state index in [0.29, 0.717) is 11.8 Å². The molecule has 1 atom stereocenters. The minimum Gasteiger partial charge on any atom is -0.368 e. The van der Waals surface area contributed by atoms with E-state index in [0.717, 1.165) is 44.7 Å². The van der Waals surface area contributed by atoms with Gasteiger partial charge in [0.2, 0.25) is 11.8 Å². The third kappa shape index (κ3) is 3.58. The number of primary amides is 1. The average molecular weight is 398 g/mol. The number of nitrogens with two attached hydrogens (primary N) is 1. The van der Waals surface area contributed by atoms with Crippen LogP contribution in [0.3, 0.4) is 0 Å². The lowest BCUT2D eigenvalue weighted by molar-refractivity contribution is -0.148. The fraction of sp³-hybridized carbons (Fsp3) is 0.667. The van der Waals surface area contributed by atoms with Gasteiger partial charge in [0.05, 0.1) is 18.0 Å². The van der Waals surface area contributed by atoms with Gasteiger partial charge in [0.1, 0.15) is 0 Å². The topological polar surface area (TPSA) is 75.4 Å². The fourth-order valence-electron chi connectivity index (χ4n) is 6.19. The highest BCUT2D eigenvalue weighted by atomic mass is 16.2. The molecule has 1 saturated carbocycles. The monoisotopic (exact) mass is 397 g/mol. The molecule has 1 saturated heterocycles. The molecule has 1 aliphatic carbocycles. The van der Waals surface area contributed by atoms with E-state index < -0.39 is 11.3 Å². The van der Waals surface area contributed by atoms with Crippen molar-refractivity contribution in [2.24, 2.45) is 23.5 Å². The predicted octanol–water partition coefficient (Wildman–Crippen LogP) is 3.14. The predicted molar refractivity (Wildman–Crippen MR) is 114 cm³/mol. The Morgan fingerprint density at radius 2 is 1.83 bits per heavy atom. The van der Waals surface area contributed by atoms with E-state index >= 15 is 0 Å². The largest absolute Gasteiger partial charge is 0.368 e. The van der Waals surface area contributed by atoms with Crippen molar-refractivity contribution in [3.05, 3.63) is 35.4 Å². The van der Waals surface area contributed by atoms with E-state index in [1.807, 2.05) is 4.90 Å². The van der Waals surface area contributed by atoms with Crippen LogP contribution in [0.5, 0.6) is 0 Å². The first-order chi connectivity index (χ1) is 13.9. The number of hydrogen-bond acceptors (Lipinski definition) is 3. The standard InChI is InChI=1S/C24H35N3O2/c1-16(2)17-7-9-18(10-8-17)22-19-5-3-4-6-20(19)24(11-13-26-14-12-24)23(29)27(22)15-21(25)28/h3-6,16-18,22,26H,7-15H2,1-2H3,(H2,25,28)/t17-,18+,22?. The Hall–Kier alpha value is -1.88. The van der Waals surface area contributed by atoms with Gasteiger partial charge in [0.15, 0.2) is 0 Å². The summed E-state index contributed by atoms with van der Waals surface area (Å²) in [6, 6.07) is 8.47. The Balaban J connectivity index is 1.74. The van der Waals surface area contributed by atoms with Crippen molar-refractivity contribution in [3.63, 3.8) is 0 Å². The fourth-order valence-corrected chi connectivity index (χ4v) is 6.19. The number of carbonyl (C=O) groups is 2. The van der Waals surface area contributed by atoms with Crippen LogP contribution in [0.15, 0.2) is 24.3 Å². The van der Waals surface area contributed by atoms with E-state index in [9.17, 15) is 9.59 Å². The molecule has 1 aromatic rings. The average Bonchev–Trinajstić information content (AvgIpc) is 2.73. The summed E-state index contributed by atoms with van der Waals surface area (Å²) in [6.45, 7) is 6.30. The molecule has 3 N–H and O–H groups in total. The molecule has 2 heterocycles. The molecular weight excluding hydrogens is 362 g/mol. The van der Waals surface area contributed by atoms with Crippen LogP contribution in [0.2, 0.25) is 0 Å². The Bertz CT molecular complexity index is 761. The minimum absolute atomic E-state index is 0.0249. The molecule has 0 bridgehead atoms. The first kappa shape index (κ1) is 20.4. The van der Waals surface area contributed by atoms with Gasteiger partial charge < -0.3 is 16.0 Å². The zero-order valence-corrected chi connectivity index (χ0v) is 17.8. The molecule has 0 aromatic heterocycles. The van der Waals surface area contributed by atoms with Crippen LogP contribution in [-0.4, -0.2) is 36.3 Å². The molecule has 5 nitrogen and oxygen atoms in total. The molecular formula is C24H35N3O2. The second-order valence-corrected chi connectivity index (χ2v) is 9.68. The summed E-state index contributed by atoms with van der Waals surface area (Å²) in [5.41, 5.74) is 7.57. The first-order valence-corrected chi connectivity index (χ1v) is 11.3. The third-order valence-electron chi connectivity index (χ3n) is 7.79.